The van der Waals surface area contributed by atoms with Crippen molar-refractivity contribution in [3.05, 3.63) is 11.6 Å². The molecule has 0 aromatic heterocycles. The molecule has 1 saturated carbocycles. The molecular weight excluding hydrogens is 783 g/mol. The molecule has 6 amide bonds. The minimum atomic E-state index is -1.43. The van der Waals surface area contributed by atoms with Crippen LogP contribution in [-0.2, 0) is 38.4 Å². The molecule has 6 atom stereocenters. The van der Waals surface area contributed by atoms with Crippen molar-refractivity contribution in [2.45, 2.75) is 142 Å². The molecule has 8 N–H and O–H groups in total. The molecule has 18 heteroatoms. The van der Waals surface area contributed by atoms with Crippen LogP contribution in [0.3, 0.4) is 0 Å². The Bertz CT molecular complexity index is 1570. The standard InChI is InChI=1S/C41H69N7O10S/c1-23(2)28(47(10)37(54)33(40(4,5)6)46-35(52)32(43-9)41(7,8)25-14-12-11-13-15-25)20-24(3)34(51)45-27(39(57)58)16-17-30(49)44-18-19-48-31(50)21-29(36(48)53)59-22-26(42)38(55)56/h20,23,25-29,32-33,43H,11-19,21-22,42H2,1-10H3,(H,44,49)(H,45,51)(H,46,52)(H,55,56)(H,57,58)/b24-20+/t26-,27+,28+,29?,32+,33+/m0/s1. The van der Waals surface area contributed by atoms with Gasteiger partial charge in [-0.2, -0.15) is 0 Å². The van der Waals surface area contributed by atoms with Crippen molar-refractivity contribution in [2.24, 2.45) is 28.4 Å². The monoisotopic (exact) mass is 851 g/mol. The van der Waals surface area contributed by atoms with Crippen molar-refractivity contribution < 1.29 is 48.6 Å². The highest BCUT2D eigenvalue weighted by atomic mass is 32.2. The molecule has 0 radical (unpaired) electrons. The SMILES string of the molecule is CN[C@H](C(=O)N[C@H](C(=O)N(C)[C@H](/C=C(\C)C(=O)N[C@H](CCC(=O)NCCN1C(=O)CC(SC[C@H](N)C(=O)O)C1=O)C(=O)O)C(C)C)C(C)(C)C)C(C)(C)C1CCCCC1. The van der Waals surface area contributed by atoms with E-state index in [2.05, 4.69) is 35.1 Å². The molecule has 1 heterocycles. The summed E-state index contributed by atoms with van der Waals surface area (Å²) in [5, 5.41) is 29.3. The molecule has 59 heavy (non-hydrogen) atoms. The first-order valence-corrected chi connectivity index (χ1v) is 21.6. The lowest BCUT2D eigenvalue weighted by Gasteiger charge is -2.43. The lowest BCUT2D eigenvalue weighted by atomic mass is 9.66. The predicted octanol–water partition coefficient (Wildman–Crippen LogP) is 1.88. The number of carbonyl (C=O) groups excluding carboxylic acids is 6. The number of rotatable bonds is 22. The number of aliphatic carboxylic acids is 2. The Balaban J connectivity index is 2.05. The highest BCUT2D eigenvalue weighted by molar-refractivity contribution is 8.00. The van der Waals surface area contributed by atoms with E-state index in [0.29, 0.717) is 5.92 Å². The molecule has 2 fully saturated rings. The second-order valence-electron chi connectivity index (χ2n) is 17.8. The van der Waals surface area contributed by atoms with Gasteiger partial charge in [0.25, 0.3) is 0 Å². The van der Waals surface area contributed by atoms with E-state index in [9.17, 15) is 43.5 Å². The fourth-order valence-electron chi connectivity index (χ4n) is 7.74. The van der Waals surface area contributed by atoms with Crippen LogP contribution < -0.4 is 27.0 Å². The Morgan fingerprint density at radius 1 is 0.966 bits per heavy atom. The Hall–Kier alpha value is -4.03. The number of carboxylic acids is 2. The van der Waals surface area contributed by atoms with Crippen LogP contribution in [0.4, 0.5) is 0 Å². The molecular formula is C41H69N7O10S. The Labute approximate surface area is 353 Å². The van der Waals surface area contributed by atoms with E-state index in [1.807, 2.05) is 34.6 Å². The zero-order chi connectivity index (χ0) is 45.0. The second kappa shape index (κ2) is 22.5. The van der Waals surface area contributed by atoms with Crippen molar-refractivity contribution in [2.75, 3.05) is 32.9 Å². The first-order chi connectivity index (χ1) is 27.3. The number of thioether (sulfide) groups is 1. The van der Waals surface area contributed by atoms with Gasteiger partial charge in [0.1, 0.15) is 18.1 Å². The molecule has 0 aromatic rings. The smallest absolute Gasteiger partial charge is 0.326 e. The first kappa shape index (κ1) is 51.1. The molecule has 1 saturated heterocycles. The fourth-order valence-corrected chi connectivity index (χ4v) is 8.85. The maximum absolute atomic E-state index is 14.3. The van der Waals surface area contributed by atoms with Crippen LogP contribution in [0, 0.1) is 22.7 Å². The fraction of sp³-hybridized carbons (Fsp3) is 0.756. The lowest BCUT2D eigenvalue weighted by Crippen LogP contribution is -2.61. The average molecular weight is 852 g/mol. The van der Waals surface area contributed by atoms with Gasteiger partial charge in [-0.1, -0.05) is 73.8 Å². The van der Waals surface area contributed by atoms with E-state index in [-0.39, 0.29) is 66.8 Å². The molecule has 17 nitrogen and oxygen atoms in total. The van der Waals surface area contributed by atoms with E-state index in [0.717, 1.165) is 42.3 Å². The van der Waals surface area contributed by atoms with Crippen LogP contribution in [0.15, 0.2) is 11.6 Å². The van der Waals surface area contributed by atoms with Gasteiger partial charge in [-0.15, -0.1) is 11.8 Å². The number of nitrogens with two attached hydrogens (primary N) is 1. The number of amides is 6. The highest BCUT2D eigenvalue weighted by Crippen LogP contribution is 2.41. The summed E-state index contributed by atoms with van der Waals surface area (Å²) >= 11 is 0.980. The second-order valence-corrected chi connectivity index (χ2v) is 19.1. The van der Waals surface area contributed by atoms with Crippen molar-refractivity contribution in [1.82, 2.24) is 31.1 Å². The van der Waals surface area contributed by atoms with E-state index in [1.165, 1.54) is 18.2 Å². The maximum atomic E-state index is 14.3. The van der Waals surface area contributed by atoms with Crippen LogP contribution in [0.25, 0.3) is 0 Å². The van der Waals surface area contributed by atoms with Crippen LogP contribution in [0.1, 0.15) is 107 Å². The Kier molecular flexibility index (Phi) is 19.5. The summed E-state index contributed by atoms with van der Waals surface area (Å²) in [6.45, 7) is 14.9. The summed E-state index contributed by atoms with van der Waals surface area (Å²) < 4.78 is 0. The van der Waals surface area contributed by atoms with Crippen molar-refractivity contribution in [1.29, 1.82) is 0 Å². The van der Waals surface area contributed by atoms with Crippen LogP contribution in [-0.4, -0.2) is 136 Å². The number of carboxylic acid groups (broad SMARTS) is 2. The molecule has 1 aliphatic carbocycles. The average Bonchev–Trinajstić information content (AvgIpc) is 3.43. The first-order valence-electron chi connectivity index (χ1n) is 20.5. The van der Waals surface area contributed by atoms with Crippen LogP contribution in [0.2, 0.25) is 0 Å². The minimum absolute atomic E-state index is 0.0508. The summed E-state index contributed by atoms with van der Waals surface area (Å²) in [4.78, 5) is 105. The van der Waals surface area contributed by atoms with Crippen molar-refractivity contribution in [3.8, 4) is 0 Å². The number of likely N-dealkylation sites (tertiary alicyclic amines) is 1. The number of hydrogen-bond acceptors (Lipinski definition) is 11. The molecule has 1 unspecified atom stereocenters. The van der Waals surface area contributed by atoms with Gasteiger partial charge in [0.15, 0.2) is 0 Å². The van der Waals surface area contributed by atoms with E-state index in [1.54, 1.807) is 20.2 Å². The van der Waals surface area contributed by atoms with Gasteiger partial charge in [0.05, 0.1) is 17.3 Å². The highest BCUT2D eigenvalue weighted by Gasteiger charge is 2.44. The summed E-state index contributed by atoms with van der Waals surface area (Å²) in [5.74, 6) is -5.28. The molecule has 334 valence electrons. The molecule has 0 aromatic carbocycles. The van der Waals surface area contributed by atoms with Gasteiger partial charge in [0.2, 0.25) is 35.4 Å². The maximum Gasteiger partial charge on any atom is 0.326 e. The zero-order valence-electron chi connectivity index (χ0n) is 36.5. The van der Waals surface area contributed by atoms with Gasteiger partial charge in [-0.05, 0) is 55.9 Å². The quantitative estimate of drug-likeness (QED) is 0.0608. The van der Waals surface area contributed by atoms with Crippen molar-refractivity contribution in [3.63, 3.8) is 0 Å². The topological polar surface area (TPSA) is 258 Å². The van der Waals surface area contributed by atoms with Gasteiger partial charge in [0, 0.05) is 44.3 Å². The van der Waals surface area contributed by atoms with Gasteiger partial charge < -0.3 is 42.1 Å². The largest absolute Gasteiger partial charge is 0.480 e. The predicted molar refractivity (Wildman–Crippen MR) is 225 cm³/mol. The third-order valence-corrected chi connectivity index (χ3v) is 12.8. The van der Waals surface area contributed by atoms with Crippen molar-refractivity contribution >= 4 is 59.1 Å². The van der Waals surface area contributed by atoms with E-state index < -0.39 is 76.4 Å². The zero-order valence-corrected chi connectivity index (χ0v) is 37.3. The summed E-state index contributed by atoms with van der Waals surface area (Å²) in [7, 11) is 3.38. The molecule has 0 bridgehead atoms. The van der Waals surface area contributed by atoms with Crippen LogP contribution in [0.5, 0.6) is 0 Å². The normalized spacial score (nSPS) is 19.4. The molecule has 2 aliphatic rings. The number of likely N-dealkylation sites (N-methyl/N-ethyl adjacent to an activating group) is 2. The molecule has 2 rings (SSSR count). The number of nitrogens with one attached hydrogen (secondary N) is 4. The summed E-state index contributed by atoms with van der Waals surface area (Å²) in [6.07, 6.45) is 6.48. The third-order valence-electron chi connectivity index (χ3n) is 11.5. The van der Waals surface area contributed by atoms with E-state index >= 15 is 0 Å². The number of nitrogens with zero attached hydrogens (tertiary/aromatic N) is 2. The third kappa shape index (κ3) is 14.6. The number of imide groups is 1. The Morgan fingerprint density at radius 3 is 2.10 bits per heavy atom. The summed E-state index contributed by atoms with van der Waals surface area (Å²) in [5.41, 5.74) is 4.62. The lowest BCUT2D eigenvalue weighted by molar-refractivity contribution is -0.142. The van der Waals surface area contributed by atoms with Gasteiger partial charge in [-0.25, -0.2) is 4.79 Å². The van der Waals surface area contributed by atoms with Crippen LogP contribution >= 0.6 is 11.8 Å². The summed E-state index contributed by atoms with van der Waals surface area (Å²) in [6, 6.07) is -4.64. The Morgan fingerprint density at radius 2 is 1.58 bits per heavy atom. The number of hydrogen-bond donors (Lipinski definition) is 7. The molecule has 0 spiro atoms. The van der Waals surface area contributed by atoms with E-state index in [4.69, 9.17) is 10.8 Å². The van der Waals surface area contributed by atoms with Gasteiger partial charge >= 0.3 is 11.9 Å². The van der Waals surface area contributed by atoms with Gasteiger partial charge in [-0.3, -0.25) is 38.5 Å². The number of carbonyl (C=O) groups is 8. The molecule has 1 aliphatic heterocycles. The minimum Gasteiger partial charge on any atom is -0.480 e.